The van der Waals surface area contributed by atoms with E-state index in [1.165, 1.54) is 0 Å². The van der Waals surface area contributed by atoms with E-state index in [0.717, 1.165) is 11.1 Å². The van der Waals surface area contributed by atoms with Crippen molar-refractivity contribution in [1.29, 1.82) is 0 Å². The smallest absolute Gasteiger partial charge is 0.319 e. The summed E-state index contributed by atoms with van der Waals surface area (Å²) in [6, 6.07) is 13.9. The minimum Gasteiger partial charge on any atom is -0.334 e. The summed E-state index contributed by atoms with van der Waals surface area (Å²) in [5, 5.41) is 11.1. The van der Waals surface area contributed by atoms with E-state index in [9.17, 15) is 9.59 Å². The maximum atomic E-state index is 11.9. The van der Waals surface area contributed by atoms with Crippen LogP contribution in [-0.4, -0.2) is 22.0 Å². The molecule has 0 spiro atoms. The van der Waals surface area contributed by atoms with Gasteiger partial charge in [-0.3, -0.25) is 9.97 Å². The van der Waals surface area contributed by atoms with E-state index in [-0.39, 0.29) is 12.1 Å². The summed E-state index contributed by atoms with van der Waals surface area (Å²) >= 11 is 0. The van der Waals surface area contributed by atoms with E-state index in [1.807, 2.05) is 24.3 Å². The summed E-state index contributed by atoms with van der Waals surface area (Å²) in [6.07, 6.45) is 6.43. The number of carbonyl (C=O) groups excluding carboxylic acids is 2. The van der Waals surface area contributed by atoms with Gasteiger partial charge in [-0.05, 0) is 35.4 Å². The first-order chi connectivity index (χ1) is 13.7. The van der Waals surface area contributed by atoms with Crippen LogP contribution in [0.25, 0.3) is 0 Å². The first-order valence-electron chi connectivity index (χ1n) is 8.66. The standard InChI is InChI=1S/C20H20N6O2/c27-19(25-17-4-8-21-9-5-17)23-13-15-2-1-3-16(12-15)14-24-20(28)26-18-6-10-22-11-7-18/h1-12H,13-14H2,(H2,21,23,25,27)(H2,22,24,26,28). The van der Waals surface area contributed by atoms with E-state index in [2.05, 4.69) is 31.2 Å². The van der Waals surface area contributed by atoms with Gasteiger partial charge in [0.25, 0.3) is 0 Å². The summed E-state index contributed by atoms with van der Waals surface area (Å²) in [5.41, 5.74) is 3.20. The molecule has 0 aliphatic heterocycles. The molecular weight excluding hydrogens is 356 g/mol. The number of benzene rings is 1. The SMILES string of the molecule is O=C(NCc1cccc(CNC(=O)Nc2ccncc2)c1)Nc1ccncc1. The topological polar surface area (TPSA) is 108 Å². The molecule has 0 atom stereocenters. The van der Waals surface area contributed by atoms with Gasteiger partial charge >= 0.3 is 12.1 Å². The number of pyridine rings is 2. The lowest BCUT2D eigenvalue weighted by molar-refractivity contribution is 0.251. The van der Waals surface area contributed by atoms with Crippen molar-refractivity contribution in [2.45, 2.75) is 13.1 Å². The zero-order chi connectivity index (χ0) is 19.6. The third-order valence-corrected chi connectivity index (χ3v) is 3.77. The second-order valence-corrected chi connectivity index (χ2v) is 5.91. The van der Waals surface area contributed by atoms with Crippen LogP contribution in [0.3, 0.4) is 0 Å². The van der Waals surface area contributed by atoms with Crippen LogP contribution in [-0.2, 0) is 13.1 Å². The second kappa shape index (κ2) is 9.67. The number of carbonyl (C=O) groups is 2. The molecule has 2 heterocycles. The molecule has 4 amide bonds. The first kappa shape index (κ1) is 18.8. The van der Waals surface area contributed by atoms with Gasteiger partial charge in [0.1, 0.15) is 0 Å². The molecule has 142 valence electrons. The molecule has 8 nitrogen and oxygen atoms in total. The lowest BCUT2D eigenvalue weighted by Gasteiger charge is -2.10. The van der Waals surface area contributed by atoms with Crippen molar-refractivity contribution in [2.75, 3.05) is 10.6 Å². The highest BCUT2D eigenvalue weighted by Gasteiger charge is 2.04. The van der Waals surface area contributed by atoms with Crippen LogP contribution in [0.15, 0.2) is 73.3 Å². The molecule has 4 N–H and O–H groups in total. The fraction of sp³-hybridized carbons (Fsp3) is 0.100. The van der Waals surface area contributed by atoms with Gasteiger partial charge in [0.05, 0.1) is 0 Å². The quantitative estimate of drug-likeness (QED) is 0.530. The van der Waals surface area contributed by atoms with Crippen LogP contribution >= 0.6 is 0 Å². The third-order valence-electron chi connectivity index (χ3n) is 3.77. The van der Waals surface area contributed by atoms with Crippen molar-refractivity contribution < 1.29 is 9.59 Å². The molecule has 28 heavy (non-hydrogen) atoms. The van der Waals surface area contributed by atoms with Crippen molar-refractivity contribution in [1.82, 2.24) is 20.6 Å². The van der Waals surface area contributed by atoms with Crippen molar-refractivity contribution in [3.63, 3.8) is 0 Å². The van der Waals surface area contributed by atoms with E-state index in [4.69, 9.17) is 0 Å². The van der Waals surface area contributed by atoms with Crippen molar-refractivity contribution in [2.24, 2.45) is 0 Å². The van der Waals surface area contributed by atoms with E-state index < -0.39 is 0 Å². The number of hydrogen-bond donors (Lipinski definition) is 4. The zero-order valence-electron chi connectivity index (χ0n) is 15.1. The van der Waals surface area contributed by atoms with Crippen LogP contribution in [0, 0.1) is 0 Å². The first-order valence-corrected chi connectivity index (χ1v) is 8.66. The molecule has 0 bridgehead atoms. The molecule has 0 saturated heterocycles. The minimum atomic E-state index is -0.300. The number of hydrogen-bond acceptors (Lipinski definition) is 4. The Kier molecular flexibility index (Phi) is 6.51. The predicted molar refractivity (Wildman–Crippen MR) is 107 cm³/mol. The molecule has 2 aromatic heterocycles. The maximum absolute atomic E-state index is 11.9. The number of amides is 4. The Labute approximate surface area is 162 Å². The van der Waals surface area contributed by atoms with Crippen molar-refractivity contribution in [3.8, 4) is 0 Å². The minimum absolute atomic E-state index is 0.300. The second-order valence-electron chi connectivity index (χ2n) is 5.91. The normalized spacial score (nSPS) is 10.0. The van der Waals surface area contributed by atoms with Gasteiger partial charge in [0, 0.05) is 49.3 Å². The molecule has 0 aliphatic carbocycles. The highest BCUT2D eigenvalue weighted by Crippen LogP contribution is 2.07. The average molecular weight is 376 g/mol. The highest BCUT2D eigenvalue weighted by molar-refractivity contribution is 5.89. The molecule has 3 rings (SSSR count). The number of anilines is 2. The number of nitrogens with zero attached hydrogens (tertiary/aromatic N) is 2. The monoisotopic (exact) mass is 376 g/mol. The van der Waals surface area contributed by atoms with Gasteiger partial charge in [-0.2, -0.15) is 0 Å². The summed E-state index contributed by atoms with van der Waals surface area (Å²) < 4.78 is 0. The Morgan fingerprint density at radius 3 is 1.54 bits per heavy atom. The Balaban J connectivity index is 1.45. The molecular formula is C20H20N6O2. The Hall–Kier alpha value is -3.94. The summed E-state index contributed by atoms with van der Waals surface area (Å²) in [5.74, 6) is 0. The predicted octanol–water partition coefficient (Wildman–Crippen LogP) is 3.12. The summed E-state index contributed by atoms with van der Waals surface area (Å²) in [4.78, 5) is 31.7. The van der Waals surface area contributed by atoms with Gasteiger partial charge in [0.15, 0.2) is 0 Å². The largest absolute Gasteiger partial charge is 0.334 e. The van der Waals surface area contributed by atoms with E-state index in [0.29, 0.717) is 24.5 Å². The van der Waals surface area contributed by atoms with E-state index >= 15 is 0 Å². The lowest BCUT2D eigenvalue weighted by Crippen LogP contribution is -2.29. The fourth-order valence-electron chi connectivity index (χ4n) is 2.44. The van der Waals surface area contributed by atoms with Crippen LogP contribution in [0.2, 0.25) is 0 Å². The van der Waals surface area contributed by atoms with Gasteiger partial charge in [-0.15, -0.1) is 0 Å². The molecule has 0 unspecified atom stereocenters. The number of urea groups is 2. The fourth-order valence-corrected chi connectivity index (χ4v) is 2.44. The van der Waals surface area contributed by atoms with Gasteiger partial charge < -0.3 is 21.3 Å². The van der Waals surface area contributed by atoms with Crippen LogP contribution < -0.4 is 21.3 Å². The van der Waals surface area contributed by atoms with Crippen molar-refractivity contribution in [3.05, 3.63) is 84.4 Å². The summed E-state index contributed by atoms with van der Waals surface area (Å²) in [6.45, 7) is 0.738. The molecule has 0 radical (unpaired) electrons. The Morgan fingerprint density at radius 2 is 1.11 bits per heavy atom. The van der Waals surface area contributed by atoms with Crippen LogP contribution in [0.4, 0.5) is 21.0 Å². The molecule has 3 aromatic rings. The molecule has 0 fully saturated rings. The number of nitrogens with one attached hydrogen (secondary N) is 4. The molecule has 0 aliphatic rings. The van der Waals surface area contributed by atoms with Crippen LogP contribution in [0.1, 0.15) is 11.1 Å². The number of rotatable bonds is 6. The highest BCUT2D eigenvalue weighted by atomic mass is 16.2. The molecule has 0 saturated carbocycles. The lowest BCUT2D eigenvalue weighted by atomic mass is 10.1. The third kappa shape index (κ3) is 6.10. The Morgan fingerprint density at radius 1 is 0.679 bits per heavy atom. The van der Waals surface area contributed by atoms with Crippen LogP contribution in [0.5, 0.6) is 0 Å². The van der Waals surface area contributed by atoms with Crippen molar-refractivity contribution >= 4 is 23.4 Å². The van der Waals surface area contributed by atoms with Gasteiger partial charge in [-0.1, -0.05) is 24.3 Å². The Bertz CT molecular complexity index is 845. The molecule has 8 heteroatoms. The number of aromatic nitrogens is 2. The van der Waals surface area contributed by atoms with E-state index in [1.54, 1.807) is 49.1 Å². The average Bonchev–Trinajstić information content (AvgIpc) is 2.73. The van der Waals surface area contributed by atoms with Gasteiger partial charge in [-0.25, -0.2) is 9.59 Å². The zero-order valence-corrected chi connectivity index (χ0v) is 15.1. The van der Waals surface area contributed by atoms with Gasteiger partial charge in [0.2, 0.25) is 0 Å². The molecule has 1 aromatic carbocycles. The maximum Gasteiger partial charge on any atom is 0.319 e. The summed E-state index contributed by atoms with van der Waals surface area (Å²) in [7, 11) is 0.